The minimum Gasteiger partial charge on any atom is -0.256 e. The average Bonchev–Trinajstić information content (AvgIpc) is 3.28. The van der Waals surface area contributed by atoms with Crippen molar-refractivity contribution in [2.24, 2.45) is 0 Å². The summed E-state index contributed by atoms with van der Waals surface area (Å²) in [5.41, 5.74) is 8.43. The van der Waals surface area contributed by atoms with Gasteiger partial charge in [0.05, 0.1) is 5.69 Å². The Balaban J connectivity index is 1.48. The van der Waals surface area contributed by atoms with E-state index >= 15 is 0 Å². The summed E-state index contributed by atoms with van der Waals surface area (Å²) in [4.78, 5) is 4.76. The highest BCUT2D eigenvalue weighted by molar-refractivity contribution is 7.26. The molecular weight excluding hydrogens is 418 g/mol. The molecule has 0 N–H and O–H groups in total. The molecule has 0 atom stereocenters. The molecule has 6 aromatic rings. The number of benzene rings is 4. The zero-order valence-electron chi connectivity index (χ0n) is 18.5. The first kappa shape index (κ1) is 19.9. The van der Waals surface area contributed by atoms with Crippen LogP contribution in [0.3, 0.4) is 0 Å². The van der Waals surface area contributed by atoms with E-state index in [4.69, 9.17) is 4.98 Å². The molecule has 0 aliphatic carbocycles. The lowest BCUT2D eigenvalue weighted by molar-refractivity contribution is 1.14. The first-order chi connectivity index (χ1) is 16.3. The molecule has 0 unspecified atom stereocenters. The monoisotopic (exact) mass is 441 g/mol. The predicted octanol–water partition coefficient (Wildman–Crippen LogP) is 9.01. The Morgan fingerprint density at radius 1 is 0.636 bits per heavy atom. The number of aryl methyl sites for hydroxylation is 1. The normalized spacial score (nSPS) is 11.3. The second-order valence-electron chi connectivity index (χ2n) is 8.35. The average molecular weight is 442 g/mol. The lowest BCUT2D eigenvalue weighted by atomic mass is 9.95. The number of hydrogen-bond donors (Lipinski definition) is 0. The molecule has 6 rings (SSSR count). The van der Waals surface area contributed by atoms with Crippen LogP contribution < -0.4 is 0 Å². The zero-order chi connectivity index (χ0) is 22.2. The van der Waals surface area contributed by atoms with E-state index in [-0.39, 0.29) is 0 Å². The fraction of sp³-hybridized carbons (Fsp3) is 0.0645. The molecule has 0 spiro atoms. The predicted molar refractivity (Wildman–Crippen MR) is 143 cm³/mol. The lowest BCUT2D eigenvalue weighted by Gasteiger charge is -2.11. The van der Waals surface area contributed by atoms with Gasteiger partial charge in [0.25, 0.3) is 0 Å². The first-order valence-corrected chi connectivity index (χ1v) is 12.2. The van der Waals surface area contributed by atoms with Crippen LogP contribution in [-0.2, 0) is 6.42 Å². The summed E-state index contributed by atoms with van der Waals surface area (Å²) in [7, 11) is 0. The topological polar surface area (TPSA) is 12.9 Å². The number of aromatic nitrogens is 1. The van der Waals surface area contributed by atoms with E-state index in [2.05, 4.69) is 104 Å². The molecule has 0 fully saturated rings. The van der Waals surface area contributed by atoms with Crippen molar-refractivity contribution in [2.45, 2.75) is 13.3 Å². The van der Waals surface area contributed by atoms with Gasteiger partial charge in [-0.15, -0.1) is 11.3 Å². The Kier molecular flexibility index (Phi) is 5.01. The molecule has 33 heavy (non-hydrogen) atoms. The number of pyridine rings is 1. The Bertz CT molecular complexity index is 1580. The Morgan fingerprint density at radius 3 is 2.24 bits per heavy atom. The van der Waals surface area contributed by atoms with Gasteiger partial charge < -0.3 is 0 Å². The maximum absolute atomic E-state index is 4.76. The maximum atomic E-state index is 4.76. The summed E-state index contributed by atoms with van der Waals surface area (Å²) >= 11 is 1.89. The Hall–Kier alpha value is -3.75. The van der Waals surface area contributed by atoms with E-state index in [0.717, 1.165) is 23.2 Å². The van der Waals surface area contributed by atoms with E-state index in [1.165, 1.54) is 42.4 Å². The van der Waals surface area contributed by atoms with Crippen LogP contribution in [-0.4, -0.2) is 4.98 Å². The summed E-state index contributed by atoms with van der Waals surface area (Å²) in [6.45, 7) is 2.22. The third-order valence-electron chi connectivity index (χ3n) is 6.28. The van der Waals surface area contributed by atoms with E-state index in [0.29, 0.717) is 0 Å². The third kappa shape index (κ3) is 3.63. The van der Waals surface area contributed by atoms with E-state index in [1.54, 1.807) is 0 Å². The van der Waals surface area contributed by atoms with Crippen LogP contribution in [0.2, 0.25) is 0 Å². The minimum absolute atomic E-state index is 0.999. The second kappa shape index (κ2) is 8.31. The number of thiophene rings is 1. The van der Waals surface area contributed by atoms with Gasteiger partial charge in [-0.2, -0.15) is 0 Å². The van der Waals surface area contributed by atoms with E-state index in [9.17, 15) is 0 Å². The summed E-state index contributed by atoms with van der Waals surface area (Å²) in [5.74, 6) is 0. The number of hydrogen-bond acceptors (Lipinski definition) is 2. The van der Waals surface area contributed by atoms with Crippen LogP contribution in [0.25, 0.3) is 53.7 Å². The van der Waals surface area contributed by atoms with Crippen LogP contribution >= 0.6 is 11.3 Å². The summed E-state index contributed by atoms with van der Waals surface area (Å²) in [5, 5.41) is 2.68. The molecule has 0 aliphatic heterocycles. The Morgan fingerprint density at radius 2 is 1.42 bits per heavy atom. The highest BCUT2D eigenvalue weighted by atomic mass is 32.1. The minimum atomic E-state index is 0.999. The SMILES string of the molecule is CCc1cc(-c2ccc(-c3ccccc3)nc2)cc(-c2cccc3c2sc2ccccc23)c1. The molecule has 0 saturated carbocycles. The van der Waals surface area contributed by atoms with Crippen molar-refractivity contribution in [2.75, 3.05) is 0 Å². The number of nitrogens with zero attached hydrogens (tertiary/aromatic N) is 1. The highest BCUT2D eigenvalue weighted by Gasteiger charge is 2.12. The lowest BCUT2D eigenvalue weighted by Crippen LogP contribution is -1.89. The molecule has 2 heterocycles. The van der Waals surface area contributed by atoms with Gasteiger partial charge >= 0.3 is 0 Å². The van der Waals surface area contributed by atoms with Crippen molar-refractivity contribution >= 4 is 31.5 Å². The van der Waals surface area contributed by atoms with Crippen molar-refractivity contribution < 1.29 is 0 Å². The van der Waals surface area contributed by atoms with Gasteiger partial charge in [0, 0.05) is 37.5 Å². The van der Waals surface area contributed by atoms with Gasteiger partial charge in [0.1, 0.15) is 0 Å². The molecule has 0 radical (unpaired) electrons. The van der Waals surface area contributed by atoms with Crippen LogP contribution in [0.15, 0.2) is 109 Å². The van der Waals surface area contributed by atoms with Crippen molar-refractivity contribution in [3.05, 3.63) is 115 Å². The molecule has 4 aromatic carbocycles. The van der Waals surface area contributed by atoms with Gasteiger partial charge in [-0.1, -0.05) is 91.9 Å². The van der Waals surface area contributed by atoms with Crippen molar-refractivity contribution in [1.29, 1.82) is 0 Å². The van der Waals surface area contributed by atoms with Gasteiger partial charge in [0.15, 0.2) is 0 Å². The van der Waals surface area contributed by atoms with Crippen molar-refractivity contribution in [3.8, 4) is 33.5 Å². The zero-order valence-corrected chi connectivity index (χ0v) is 19.3. The fourth-order valence-electron chi connectivity index (χ4n) is 4.54. The van der Waals surface area contributed by atoms with Crippen molar-refractivity contribution in [1.82, 2.24) is 4.98 Å². The number of rotatable bonds is 4. The largest absolute Gasteiger partial charge is 0.256 e. The summed E-state index contributed by atoms with van der Waals surface area (Å²) < 4.78 is 2.70. The number of fused-ring (bicyclic) bond motifs is 3. The van der Waals surface area contributed by atoms with Gasteiger partial charge in [-0.3, -0.25) is 4.98 Å². The van der Waals surface area contributed by atoms with Gasteiger partial charge in [-0.05, 0) is 46.9 Å². The first-order valence-electron chi connectivity index (χ1n) is 11.4. The smallest absolute Gasteiger partial charge is 0.0702 e. The summed E-state index contributed by atoms with van der Waals surface area (Å²) in [6, 6.07) is 37.0. The van der Waals surface area contributed by atoms with Crippen LogP contribution in [0.1, 0.15) is 12.5 Å². The molecule has 0 aliphatic rings. The standard InChI is InChI=1S/C31H23NS/c1-2-21-17-24(23-15-16-29(32-20-23)22-9-4-3-5-10-22)19-25(18-21)26-12-8-13-28-27-11-6-7-14-30(27)33-31(26)28/h3-20H,2H2,1H3. The Labute approximate surface area is 198 Å². The highest BCUT2D eigenvalue weighted by Crippen LogP contribution is 2.40. The van der Waals surface area contributed by atoms with Crippen LogP contribution in [0.5, 0.6) is 0 Å². The fourth-order valence-corrected chi connectivity index (χ4v) is 5.78. The van der Waals surface area contributed by atoms with Crippen LogP contribution in [0, 0.1) is 0 Å². The molecule has 0 saturated heterocycles. The van der Waals surface area contributed by atoms with Crippen LogP contribution in [0.4, 0.5) is 0 Å². The van der Waals surface area contributed by atoms with Crippen molar-refractivity contribution in [3.63, 3.8) is 0 Å². The molecule has 2 heteroatoms. The maximum Gasteiger partial charge on any atom is 0.0702 e. The molecular formula is C31H23NS. The third-order valence-corrected chi connectivity index (χ3v) is 7.50. The van der Waals surface area contributed by atoms with E-state index in [1.807, 2.05) is 23.6 Å². The summed E-state index contributed by atoms with van der Waals surface area (Å²) in [6.07, 6.45) is 3.00. The molecule has 0 bridgehead atoms. The van der Waals surface area contributed by atoms with Gasteiger partial charge in [-0.25, -0.2) is 0 Å². The van der Waals surface area contributed by atoms with E-state index < -0.39 is 0 Å². The quantitative estimate of drug-likeness (QED) is 0.266. The second-order valence-corrected chi connectivity index (χ2v) is 9.40. The molecule has 0 amide bonds. The van der Waals surface area contributed by atoms with Gasteiger partial charge in [0.2, 0.25) is 0 Å². The molecule has 1 nitrogen and oxygen atoms in total. The molecule has 2 aromatic heterocycles. The molecule has 158 valence electrons.